The Hall–Kier alpha value is -2.41. The molecule has 0 aliphatic heterocycles. The van der Waals surface area contributed by atoms with Crippen molar-refractivity contribution in [3.63, 3.8) is 0 Å². The molecule has 2 aromatic carbocycles. The summed E-state index contributed by atoms with van der Waals surface area (Å²) < 4.78 is 0. The van der Waals surface area contributed by atoms with Crippen LogP contribution in [0, 0.1) is 0 Å². The number of allylic oxidation sites excluding steroid dienone is 2. The van der Waals surface area contributed by atoms with E-state index in [0.717, 1.165) is 48.0 Å². The molecule has 1 fully saturated rings. The molecule has 1 saturated carbocycles. The monoisotopic (exact) mass is 358 g/mol. The van der Waals surface area contributed by atoms with Crippen LogP contribution in [-0.4, -0.2) is 5.78 Å². The molecule has 0 amide bonds. The van der Waals surface area contributed by atoms with Crippen molar-refractivity contribution in [3.8, 4) is 0 Å². The summed E-state index contributed by atoms with van der Waals surface area (Å²) in [7, 11) is 0. The van der Waals surface area contributed by atoms with Gasteiger partial charge in [0.1, 0.15) is 0 Å². The summed E-state index contributed by atoms with van der Waals surface area (Å²) in [6.45, 7) is 0. The maximum absolute atomic E-state index is 13.4. The Morgan fingerprint density at radius 2 is 0.889 bits per heavy atom. The Labute approximate surface area is 163 Å². The van der Waals surface area contributed by atoms with Crippen molar-refractivity contribution >= 4 is 17.9 Å². The highest BCUT2D eigenvalue weighted by Gasteiger charge is 2.16. The van der Waals surface area contributed by atoms with E-state index >= 15 is 0 Å². The Kier molecular flexibility index (Phi) is 7.65. The van der Waals surface area contributed by atoms with Gasteiger partial charge in [0.2, 0.25) is 0 Å². The lowest BCUT2D eigenvalue weighted by atomic mass is 9.91. The van der Waals surface area contributed by atoms with Crippen LogP contribution in [0.15, 0.2) is 71.8 Å². The van der Waals surface area contributed by atoms with Gasteiger partial charge in [-0.15, -0.1) is 0 Å². The molecule has 0 bridgehead atoms. The SMILES string of the molecule is O=C1C(=Cc2ccccc2)CCCCCCCCC/C1=C\c1ccccc1. The van der Waals surface area contributed by atoms with E-state index in [9.17, 15) is 4.79 Å². The van der Waals surface area contributed by atoms with Crippen LogP contribution in [-0.2, 0) is 4.79 Å². The summed E-state index contributed by atoms with van der Waals surface area (Å²) in [6.07, 6.45) is 14.5. The third-order valence-corrected chi connectivity index (χ3v) is 5.26. The van der Waals surface area contributed by atoms with E-state index in [2.05, 4.69) is 36.4 Å². The summed E-state index contributed by atoms with van der Waals surface area (Å²) in [5, 5.41) is 0. The fourth-order valence-corrected chi connectivity index (χ4v) is 3.72. The largest absolute Gasteiger partial charge is 0.289 e. The molecule has 1 aliphatic carbocycles. The van der Waals surface area contributed by atoms with Gasteiger partial charge in [-0.05, 0) is 49.0 Å². The number of carbonyl (C=O) groups excluding carboxylic acids is 1. The van der Waals surface area contributed by atoms with E-state index in [1.165, 1.54) is 32.1 Å². The zero-order valence-corrected chi connectivity index (χ0v) is 16.2. The molecule has 0 saturated heterocycles. The topological polar surface area (TPSA) is 17.1 Å². The highest BCUT2D eigenvalue weighted by atomic mass is 16.1. The summed E-state index contributed by atoms with van der Waals surface area (Å²) in [6, 6.07) is 20.5. The fourth-order valence-electron chi connectivity index (χ4n) is 3.72. The molecule has 1 aliphatic rings. The summed E-state index contributed by atoms with van der Waals surface area (Å²) in [5.74, 6) is 0.239. The Balaban J connectivity index is 1.91. The molecule has 1 nitrogen and oxygen atoms in total. The second-order valence-corrected chi connectivity index (χ2v) is 7.46. The molecule has 0 atom stereocenters. The minimum absolute atomic E-state index is 0.239. The number of benzene rings is 2. The maximum atomic E-state index is 13.4. The number of carbonyl (C=O) groups is 1. The van der Waals surface area contributed by atoms with Crippen molar-refractivity contribution in [3.05, 3.63) is 82.9 Å². The van der Waals surface area contributed by atoms with Gasteiger partial charge in [-0.1, -0.05) is 92.8 Å². The van der Waals surface area contributed by atoms with Crippen LogP contribution in [0.25, 0.3) is 12.2 Å². The lowest BCUT2D eigenvalue weighted by molar-refractivity contribution is -0.112. The fraction of sp³-hybridized carbons (Fsp3) is 0.346. The van der Waals surface area contributed by atoms with Gasteiger partial charge < -0.3 is 0 Å². The molecule has 1 heteroatoms. The number of ketones is 1. The van der Waals surface area contributed by atoms with Gasteiger partial charge in [0.25, 0.3) is 0 Å². The maximum Gasteiger partial charge on any atom is 0.185 e. The molecule has 27 heavy (non-hydrogen) atoms. The molecule has 0 aromatic heterocycles. The Bertz CT molecular complexity index is 703. The molecule has 0 radical (unpaired) electrons. The molecule has 2 aromatic rings. The standard InChI is InChI=1S/C26H30O/c27-26-24(20-22-14-8-6-9-15-22)18-12-4-2-1-3-5-13-19-25(26)21-23-16-10-7-11-17-23/h6-11,14-17,20-21H,1-5,12-13,18-19H2/b24-20+,25-21?. The first-order chi connectivity index (χ1) is 13.3. The van der Waals surface area contributed by atoms with Crippen molar-refractivity contribution in [1.82, 2.24) is 0 Å². The van der Waals surface area contributed by atoms with Crippen LogP contribution >= 0.6 is 0 Å². The summed E-state index contributed by atoms with van der Waals surface area (Å²) in [5.41, 5.74) is 4.16. The van der Waals surface area contributed by atoms with Gasteiger partial charge in [-0.25, -0.2) is 0 Å². The minimum atomic E-state index is 0.239. The smallest absolute Gasteiger partial charge is 0.185 e. The summed E-state index contributed by atoms with van der Waals surface area (Å²) >= 11 is 0. The van der Waals surface area contributed by atoms with Crippen LogP contribution in [0.5, 0.6) is 0 Å². The second kappa shape index (κ2) is 10.7. The molecule has 0 heterocycles. The van der Waals surface area contributed by atoms with Crippen LogP contribution in [0.2, 0.25) is 0 Å². The predicted octanol–water partition coefficient (Wildman–Crippen LogP) is 7.25. The Morgan fingerprint density at radius 1 is 0.519 bits per heavy atom. The van der Waals surface area contributed by atoms with Crippen molar-refractivity contribution in [2.24, 2.45) is 0 Å². The quantitative estimate of drug-likeness (QED) is 0.517. The van der Waals surface area contributed by atoms with Gasteiger partial charge in [-0.3, -0.25) is 4.79 Å². The third-order valence-electron chi connectivity index (χ3n) is 5.26. The van der Waals surface area contributed by atoms with E-state index in [1.807, 2.05) is 36.4 Å². The van der Waals surface area contributed by atoms with E-state index in [-0.39, 0.29) is 5.78 Å². The van der Waals surface area contributed by atoms with Gasteiger partial charge in [0.05, 0.1) is 0 Å². The molecule has 140 valence electrons. The van der Waals surface area contributed by atoms with E-state index < -0.39 is 0 Å². The number of hydrogen-bond donors (Lipinski definition) is 0. The first-order valence-electron chi connectivity index (χ1n) is 10.4. The van der Waals surface area contributed by atoms with E-state index in [1.54, 1.807) is 0 Å². The zero-order chi connectivity index (χ0) is 18.7. The Morgan fingerprint density at radius 3 is 1.30 bits per heavy atom. The molecule has 3 rings (SSSR count). The first kappa shape index (κ1) is 19.4. The first-order valence-corrected chi connectivity index (χ1v) is 10.4. The zero-order valence-electron chi connectivity index (χ0n) is 16.2. The number of Topliss-reactive ketones (excluding diaryl/α,β-unsaturated/α-hetero) is 1. The van der Waals surface area contributed by atoms with Crippen molar-refractivity contribution in [1.29, 1.82) is 0 Å². The van der Waals surface area contributed by atoms with Gasteiger partial charge in [0, 0.05) is 11.1 Å². The van der Waals surface area contributed by atoms with Crippen LogP contribution in [0.4, 0.5) is 0 Å². The lowest BCUT2D eigenvalue weighted by Crippen LogP contribution is -2.08. The number of rotatable bonds is 2. The molecular weight excluding hydrogens is 328 g/mol. The normalized spacial score (nSPS) is 20.2. The van der Waals surface area contributed by atoms with Gasteiger partial charge in [0.15, 0.2) is 5.78 Å². The van der Waals surface area contributed by atoms with Gasteiger partial charge in [-0.2, -0.15) is 0 Å². The highest BCUT2D eigenvalue weighted by Crippen LogP contribution is 2.25. The van der Waals surface area contributed by atoms with Crippen molar-refractivity contribution < 1.29 is 4.79 Å². The lowest BCUT2D eigenvalue weighted by Gasteiger charge is -2.13. The molecule has 0 N–H and O–H groups in total. The number of hydrogen-bond acceptors (Lipinski definition) is 1. The predicted molar refractivity (Wildman–Crippen MR) is 115 cm³/mol. The molecule has 0 unspecified atom stereocenters. The minimum Gasteiger partial charge on any atom is -0.289 e. The molecule has 0 spiro atoms. The molecular formula is C26H30O. The van der Waals surface area contributed by atoms with E-state index in [0.29, 0.717) is 0 Å². The van der Waals surface area contributed by atoms with Crippen LogP contribution < -0.4 is 0 Å². The summed E-state index contributed by atoms with van der Waals surface area (Å²) in [4.78, 5) is 13.4. The highest BCUT2D eigenvalue weighted by molar-refractivity contribution is 6.13. The van der Waals surface area contributed by atoms with Gasteiger partial charge >= 0.3 is 0 Å². The van der Waals surface area contributed by atoms with Crippen molar-refractivity contribution in [2.45, 2.75) is 57.8 Å². The van der Waals surface area contributed by atoms with Crippen molar-refractivity contribution in [2.75, 3.05) is 0 Å². The van der Waals surface area contributed by atoms with Crippen LogP contribution in [0.3, 0.4) is 0 Å². The third kappa shape index (κ3) is 6.36. The van der Waals surface area contributed by atoms with E-state index in [4.69, 9.17) is 0 Å². The second-order valence-electron chi connectivity index (χ2n) is 7.46. The average molecular weight is 359 g/mol. The van der Waals surface area contributed by atoms with Crippen LogP contribution in [0.1, 0.15) is 68.9 Å². The average Bonchev–Trinajstić information content (AvgIpc) is 2.71.